The lowest BCUT2D eigenvalue weighted by molar-refractivity contribution is 0.0370. The van der Waals surface area contributed by atoms with Crippen molar-refractivity contribution < 1.29 is 19.1 Å². The van der Waals surface area contributed by atoms with Gasteiger partial charge in [0.05, 0.1) is 13.2 Å². The SMILES string of the molecule is Cc1cc(O)cc2oc(=O)c(C(=O)CCN3CCOCC3)cc12.Cl. The summed E-state index contributed by atoms with van der Waals surface area (Å²) in [5.41, 5.74) is 0.456. The third-order valence-electron chi connectivity index (χ3n) is 4.10. The lowest BCUT2D eigenvalue weighted by Crippen LogP contribution is -2.37. The largest absolute Gasteiger partial charge is 0.508 e. The van der Waals surface area contributed by atoms with Crippen molar-refractivity contribution in [3.8, 4) is 5.75 Å². The average molecular weight is 354 g/mol. The Morgan fingerprint density at radius 1 is 1.25 bits per heavy atom. The van der Waals surface area contributed by atoms with Crippen molar-refractivity contribution in [3.05, 3.63) is 39.7 Å². The molecule has 0 amide bonds. The molecular formula is C17H20ClNO5. The molecule has 0 spiro atoms. The fourth-order valence-corrected chi connectivity index (χ4v) is 2.79. The first kappa shape index (κ1) is 18.4. The number of morpholine rings is 1. The maximum Gasteiger partial charge on any atom is 0.347 e. The molecule has 0 radical (unpaired) electrons. The van der Waals surface area contributed by atoms with Crippen LogP contribution < -0.4 is 5.63 Å². The van der Waals surface area contributed by atoms with Gasteiger partial charge in [0.1, 0.15) is 16.9 Å². The number of ketones is 1. The number of carbonyl (C=O) groups is 1. The standard InChI is InChI=1S/C17H19NO5.ClH/c1-11-8-12(19)9-16-13(11)10-14(17(21)23-16)15(20)2-3-18-4-6-22-7-5-18;/h8-10,19H,2-7H2,1H3;1H. The van der Waals surface area contributed by atoms with E-state index in [1.807, 2.05) is 0 Å². The van der Waals surface area contributed by atoms with Crippen LogP contribution in [0.1, 0.15) is 22.3 Å². The Bertz CT molecular complexity index is 795. The number of phenols is 1. The van der Waals surface area contributed by atoms with Crippen LogP contribution in [0.3, 0.4) is 0 Å². The van der Waals surface area contributed by atoms with Gasteiger partial charge in [-0.05, 0) is 24.6 Å². The molecular weight excluding hydrogens is 334 g/mol. The van der Waals surface area contributed by atoms with E-state index in [1.54, 1.807) is 19.1 Å². The molecule has 1 saturated heterocycles. The van der Waals surface area contributed by atoms with Gasteiger partial charge in [-0.1, -0.05) is 0 Å². The molecule has 1 aliphatic rings. The first-order valence-corrected chi connectivity index (χ1v) is 7.65. The second-order valence-corrected chi connectivity index (χ2v) is 5.75. The van der Waals surface area contributed by atoms with E-state index in [1.165, 1.54) is 6.07 Å². The van der Waals surface area contributed by atoms with Crippen molar-refractivity contribution in [2.75, 3.05) is 32.8 Å². The molecule has 24 heavy (non-hydrogen) atoms. The van der Waals surface area contributed by atoms with E-state index in [2.05, 4.69) is 4.90 Å². The number of aryl methyl sites for hydroxylation is 1. The summed E-state index contributed by atoms with van der Waals surface area (Å²) in [7, 11) is 0. The quantitative estimate of drug-likeness (QED) is 0.670. The van der Waals surface area contributed by atoms with Crippen molar-refractivity contribution in [2.45, 2.75) is 13.3 Å². The van der Waals surface area contributed by atoms with E-state index >= 15 is 0 Å². The molecule has 3 rings (SSSR count). The minimum atomic E-state index is -0.658. The van der Waals surface area contributed by atoms with Gasteiger partial charge in [-0.2, -0.15) is 0 Å². The minimum absolute atomic E-state index is 0. The summed E-state index contributed by atoms with van der Waals surface area (Å²) < 4.78 is 10.5. The summed E-state index contributed by atoms with van der Waals surface area (Å²) in [6.45, 7) is 5.36. The Balaban J connectivity index is 0.00000208. The second-order valence-electron chi connectivity index (χ2n) is 5.75. The predicted octanol–water partition coefficient (Wildman–Crippen LogP) is 2.13. The van der Waals surface area contributed by atoms with E-state index in [0.29, 0.717) is 25.1 Å². The molecule has 0 atom stereocenters. The Morgan fingerprint density at radius 3 is 2.67 bits per heavy atom. The molecule has 0 bridgehead atoms. The van der Waals surface area contributed by atoms with Crippen LogP contribution in [-0.4, -0.2) is 48.6 Å². The second kappa shape index (κ2) is 7.79. The number of rotatable bonds is 4. The zero-order chi connectivity index (χ0) is 16.4. The molecule has 2 heterocycles. The minimum Gasteiger partial charge on any atom is -0.508 e. The number of ether oxygens (including phenoxy) is 1. The normalized spacial score (nSPS) is 15.2. The Morgan fingerprint density at radius 2 is 1.96 bits per heavy atom. The van der Waals surface area contributed by atoms with Crippen LogP contribution >= 0.6 is 12.4 Å². The number of fused-ring (bicyclic) bond motifs is 1. The fraction of sp³-hybridized carbons (Fsp3) is 0.412. The first-order valence-electron chi connectivity index (χ1n) is 7.65. The highest BCUT2D eigenvalue weighted by Gasteiger charge is 2.17. The molecule has 0 unspecified atom stereocenters. The first-order chi connectivity index (χ1) is 11.0. The highest BCUT2D eigenvalue weighted by Crippen LogP contribution is 2.24. The molecule has 1 aromatic heterocycles. The smallest absolute Gasteiger partial charge is 0.347 e. The highest BCUT2D eigenvalue weighted by molar-refractivity contribution is 5.98. The van der Waals surface area contributed by atoms with Gasteiger partial charge < -0.3 is 14.3 Å². The lowest BCUT2D eigenvalue weighted by Gasteiger charge is -2.26. The number of carbonyl (C=O) groups excluding carboxylic acids is 1. The predicted molar refractivity (Wildman–Crippen MR) is 92.3 cm³/mol. The monoisotopic (exact) mass is 353 g/mol. The Kier molecular flexibility index (Phi) is 5.99. The summed E-state index contributed by atoms with van der Waals surface area (Å²) in [4.78, 5) is 26.6. The third kappa shape index (κ3) is 3.95. The number of aromatic hydroxyl groups is 1. The van der Waals surface area contributed by atoms with E-state index in [0.717, 1.165) is 18.7 Å². The topological polar surface area (TPSA) is 80.0 Å². The zero-order valence-electron chi connectivity index (χ0n) is 13.4. The molecule has 6 nitrogen and oxygen atoms in total. The summed E-state index contributed by atoms with van der Waals surface area (Å²) in [5.74, 6) is -0.191. The number of halogens is 1. The summed E-state index contributed by atoms with van der Waals surface area (Å²) in [6.07, 6.45) is 0.271. The van der Waals surface area contributed by atoms with E-state index in [9.17, 15) is 14.7 Å². The Labute approximate surface area is 145 Å². The van der Waals surface area contributed by atoms with Crippen molar-refractivity contribution in [3.63, 3.8) is 0 Å². The van der Waals surface area contributed by atoms with Crippen LogP contribution in [0.2, 0.25) is 0 Å². The van der Waals surface area contributed by atoms with E-state index in [-0.39, 0.29) is 41.5 Å². The maximum absolute atomic E-state index is 12.4. The van der Waals surface area contributed by atoms with E-state index in [4.69, 9.17) is 9.15 Å². The molecule has 1 N–H and O–H groups in total. The molecule has 130 valence electrons. The van der Waals surface area contributed by atoms with Gasteiger partial charge >= 0.3 is 5.63 Å². The van der Waals surface area contributed by atoms with Gasteiger partial charge in [-0.25, -0.2) is 4.79 Å². The van der Waals surface area contributed by atoms with Gasteiger partial charge in [0, 0.05) is 37.5 Å². The number of hydrogen-bond donors (Lipinski definition) is 1. The zero-order valence-corrected chi connectivity index (χ0v) is 14.2. The maximum atomic E-state index is 12.4. The average Bonchev–Trinajstić information content (AvgIpc) is 2.53. The van der Waals surface area contributed by atoms with E-state index < -0.39 is 5.63 Å². The van der Waals surface area contributed by atoms with Gasteiger partial charge in [0.15, 0.2) is 5.78 Å². The molecule has 0 aliphatic carbocycles. The van der Waals surface area contributed by atoms with Crippen LogP contribution in [-0.2, 0) is 4.74 Å². The third-order valence-corrected chi connectivity index (χ3v) is 4.10. The lowest BCUT2D eigenvalue weighted by atomic mass is 10.0. The molecule has 7 heteroatoms. The number of nitrogens with zero attached hydrogens (tertiary/aromatic N) is 1. The van der Waals surface area contributed by atoms with Gasteiger partial charge in [0.25, 0.3) is 0 Å². The van der Waals surface area contributed by atoms with Crippen LogP contribution in [0.15, 0.2) is 27.4 Å². The summed E-state index contributed by atoms with van der Waals surface area (Å²) in [5, 5.41) is 10.2. The molecule has 1 fully saturated rings. The van der Waals surface area contributed by atoms with Crippen LogP contribution in [0.5, 0.6) is 5.75 Å². The van der Waals surface area contributed by atoms with Crippen LogP contribution in [0.4, 0.5) is 0 Å². The van der Waals surface area contributed by atoms with Gasteiger partial charge in [0.2, 0.25) is 0 Å². The summed E-state index contributed by atoms with van der Waals surface area (Å²) >= 11 is 0. The Hall–Kier alpha value is -1.89. The number of Topliss-reactive ketones (excluding diaryl/α,β-unsaturated/α-hetero) is 1. The molecule has 1 aliphatic heterocycles. The van der Waals surface area contributed by atoms with Crippen LogP contribution in [0, 0.1) is 6.92 Å². The molecule has 1 aromatic carbocycles. The number of hydrogen-bond acceptors (Lipinski definition) is 6. The fourth-order valence-electron chi connectivity index (χ4n) is 2.79. The van der Waals surface area contributed by atoms with Gasteiger partial charge in [-0.3, -0.25) is 9.69 Å². The highest BCUT2D eigenvalue weighted by atomic mass is 35.5. The van der Waals surface area contributed by atoms with Crippen molar-refractivity contribution in [1.82, 2.24) is 4.90 Å². The molecule has 0 saturated carbocycles. The number of phenolic OH excluding ortho intramolecular Hbond substituents is 1. The van der Waals surface area contributed by atoms with Crippen molar-refractivity contribution in [1.29, 1.82) is 0 Å². The van der Waals surface area contributed by atoms with Crippen LogP contribution in [0.25, 0.3) is 11.0 Å². The van der Waals surface area contributed by atoms with Crippen molar-refractivity contribution >= 4 is 29.2 Å². The number of benzene rings is 1. The summed E-state index contributed by atoms with van der Waals surface area (Å²) in [6, 6.07) is 4.52. The van der Waals surface area contributed by atoms with Crippen molar-refractivity contribution in [2.24, 2.45) is 0 Å². The molecule has 2 aromatic rings. The van der Waals surface area contributed by atoms with Gasteiger partial charge in [-0.15, -0.1) is 12.4 Å².